The van der Waals surface area contributed by atoms with Crippen LogP contribution in [0.2, 0.25) is 0 Å². The number of imidazole rings is 1. The first-order valence-electron chi connectivity index (χ1n) is 5.96. The number of thiophene rings is 1. The number of hydrogen-bond donors (Lipinski definition) is 1. The van der Waals surface area contributed by atoms with Crippen LogP contribution < -0.4 is 0 Å². The molecule has 0 aliphatic heterocycles. The van der Waals surface area contributed by atoms with E-state index in [-0.39, 0.29) is 12.2 Å². The number of aromatic nitrogens is 2. The maximum atomic E-state index is 12.0. The van der Waals surface area contributed by atoms with Crippen LogP contribution in [0.15, 0.2) is 30.9 Å². The van der Waals surface area contributed by atoms with E-state index >= 15 is 0 Å². The predicted octanol–water partition coefficient (Wildman–Crippen LogP) is 2.62. The maximum absolute atomic E-state index is 12.0. The average Bonchev–Trinajstić information content (AvgIpc) is 3.04. The Balaban J connectivity index is 2.10. The Morgan fingerprint density at radius 3 is 2.84 bits per heavy atom. The molecule has 5 nitrogen and oxygen atoms in total. The highest BCUT2D eigenvalue weighted by Crippen LogP contribution is 2.23. The van der Waals surface area contributed by atoms with Crippen LogP contribution in [-0.4, -0.2) is 26.4 Å². The number of aliphatic carboxylic acids is 1. The number of carboxylic acids is 1. The van der Waals surface area contributed by atoms with E-state index in [0.717, 1.165) is 5.00 Å². The van der Waals surface area contributed by atoms with Crippen LogP contribution in [0.3, 0.4) is 0 Å². The summed E-state index contributed by atoms with van der Waals surface area (Å²) in [7, 11) is 0. The van der Waals surface area contributed by atoms with Gasteiger partial charge < -0.3 is 5.11 Å². The van der Waals surface area contributed by atoms with Gasteiger partial charge in [-0.2, -0.15) is 0 Å². The highest BCUT2D eigenvalue weighted by atomic mass is 32.1. The Morgan fingerprint density at radius 1 is 1.47 bits per heavy atom. The van der Waals surface area contributed by atoms with Gasteiger partial charge in [0.25, 0.3) is 0 Å². The van der Waals surface area contributed by atoms with Gasteiger partial charge in [0.05, 0.1) is 17.1 Å². The monoisotopic (exact) mass is 278 g/mol. The summed E-state index contributed by atoms with van der Waals surface area (Å²) in [6, 6.07) is 3.57. The van der Waals surface area contributed by atoms with Crippen molar-refractivity contribution in [3.8, 4) is 5.00 Å². The molecule has 1 atom stereocenters. The normalized spacial score (nSPS) is 12.3. The van der Waals surface area contributed by atoms with E-state index in [1.807, 2.05) is 10.6 Å². The fourth-order valence-electron chi connectivity index (χ4n) is 1.74. The second-order valence-electron chi connectivity index (χ2n) is 4.18. The molecule has 100 valence electrons. The number of nitrogens with zero attached hydrogens (tertiary/aromatic N) is 2. The van der Waals surface area contributed by atoms with E-state index < -0.39 is 11.9 Å². The van der Waals surface area contributed by atoms with Crippen LogP contribution in [-0.2, 0) is 4.79 Å². The van der Waals surface area contributed by atoms with Gasteiger partial charge in [-0.05, 0) is 18.6 Å². The summed E-state index contributed by atoms with van der Waals surface area (Å²) in [4.78, 5) is 27.5. The molecule has 2 rings (SSSR count). The van der Waals surface area contributed by atoms with E-state index in [0.29, 0.717) is 11.3 Å². The highest BCUT2D eigenvalue weighted by Gasteiger charge is 2.21. The van der Waals surface area contributed by atoms with Gasteiger partial charge in [-0.15, -0.1) is 11.3 Å². The molecule has 2 aromatic rings. The van der Waals surface area contributed by atoms with Gasteiger partial charge in [0.15, 0.2) is 5.78 Å². The summed E-state index contributed by atoms with van der Waals surface area (Å²) in [6.45, 7) is 1.78. The second-order valence-corrected chi connectivity index (χ2v) is 5.24. The highest BCUT2D eigenvalue weighted by molar-refractivity contribution is 7.16. The summed E-state index contributed by atoms with van der Waals surface area (Å²) in [5.74, 6) is -1.64. The summed E-state index contributed by atoms with van der Waals surface area (Å²) in [5, 5.41) is 9.86. The molecule has 0 aliphatic rings. The lowest BCUT2D eigenvalue weighted by atomic mass is 9.99. The van der Waals surface area contributed by atoms with E-state index in [1.54, 1.807) is 31.7 Å². The summed E-state index contributed by atoms with van der Waals surface area (Å²) < 4.78 is 1.82. The number of carbonyl (C=O) groups is 2. The minimum absolute atomic E-state index is 0.0513. The van der Waals surface area contributed by atoms with Crippen molar-refractivity contribution in [1.82, 2.24) is 9.55 Å². The number of Topliss-reactive ketones (excluding diaryl/α,β-unsaturated/α-hetero) is 1. The lowest BCUT2D eigenvalue weighted by Crippen LogP contribution is -2.16. The Kier molecular flexibility index (Phi) is 4.11. The topological polar surface area (TPSA) is 72.2 Å². The summed E-state index contributed by atoms with van der Waals surface area (Å²) in [6.07, 6.45) is 5.63. The van der Waals surface area contributed by atoms with Crippen molar-refractivity contribution < 1.29 is 14.7 Å². The average molecular weight is 278 g/mol. The molecule has 1 unspecified atom stereocenters. The van der Waals surface area contributed by atoms with Gasteiger partial charge >= 0.3 is 5.97 Å². The molecule has 0 bridgehead atoms. The van der Waals surface area contributed by atoms with Crippen LogP contribution in [0, 0.1) is 5.92 Å². The zero-order chi connectivity index (χ0) is 13.8. The SMILES string of the molecule is CCC(CC(=O)c1ccc(-n2ccnc2)s1)C(=O)O. The lowest BCUT2D eigenvalue weighted by Gasteiger charge is -2.06. The minimum atomic E-state index is -0.915. The number of carboxylic acid groups (broad SMARTS) is 1. The van der Waals surface area contributed by atoms with Crippen molar-refractivity contribution in [3.63, 3.8) is 0 Å². The molecule has 0 saturated heterocycles. The zero-order valence-electron chi connectivity index (χ0n) is 10.4. The Morgan fingerprint density at radius 2 is 2.26 bits per heavy atom. The van der Waals surface area contributed by atoms with Crippen molar-refractivity contribution in [1.29, 1.82) is 0 Å². The fourth-order valence-corrected chi connectivity index (χ4v) is 2.64. The zero-order valence-corrected chi connectivity index (χ0v) is 11.3. The molecule has 19 heavy (non-hydrogen) atoms. The molecule has 0 spiro atoms. The van der Waals surface area contributed by atoms with Crippen LogP contribution in [0.1, 0.15) is 29.4 Å². The molecule has 6 heteroatoms. The Hall–Kier alpha value is -1.95. The van der Waals surface area contributed by atoms with Crippen molar-refractivity contribution in [2.24, 2.45) is 5.92 Å². The van der Waals surface area contributed by atoms with Crippen LogP contribution >= 0.6 is 11.3 Å². The number of rotatable bonds is 6. The number of ketones is 1. The summed E-state index contributed by atoms with van der Waals surface area (Å²) in [5.41, 5.74) is 0. The standard InChI is InChI=1S/C13H14N2O3S/c1-2-9(13(17)18)7-10(16)11-3-4-12(19-11)15-6-5-14-8-15/h3-6,8-9H,2,7H2,1H3,(H,17,18). The van der Waals surface area contributed by atoms with Gasteiger partial charge in [-0.25, -0.2) is 4.98 Å². The molecular weight excluding hydrogens is 264 g/mol. The molecule has 2 aromatic heterocycles. The van der Waals surface area contributed by atoms with Crippen LogP contribution in [0.5, 0.6) is 0 Å². The fraction of sp³-hybridized carbons (Fsp3) is 0.308. The van der Waals surface area contributed by atoms with Gasteiger partial charge in [-0.3, -0.25) is 14.2 Å². The lowest BCUT2D eigenvalue weighted by molar-refractivity contribution is -0.141. The van der Waals surface area contributed by atoms with E-state index in [2.05, 4.69) is 4.98 Å². The minimum Gasteiger partial charge on any atom is -0.481 e. The molecule has 0 radical (unpaired) electrons. The second kappa shape index (κ2) is 5.79. The van der Waals surface area contributed by atoms with E-state index in [1.165, 1.54) is 11.3 Å². The largest absolute Gasteiger partial charge is 0.481 e. The van der Waals surface area contributed by atoms with Crippen molar-refractivity contribution in [3.05, 3.63) is 35.7 Å². The van der Waals surface area contributed by atoms with Crippen molar-refractivity contribution >= 4 is 23.1 Å². The molecule has 0 aromatic carbocycles. The Bertz CT molecular complexity index is 574. The van der Waals surface area contributed by atoms with Gasteiger partial charge in [0, 0.05) is 18.8 Å². The van der Waals surface area contributed by atoms with Crippen LogP contribution in [0.25, 0.3) is 5.00 Å². The van der Waals surface area contributed by atoms with Gasteiger partial charge in [-0.1, -0.05) is 6.92 Å². The smallest absolute Gasteiger partial charge is 0.306 e. The van der Waals surface area contributed by atoms with E-state index in [4.69, 9.17) is 5.11 Å². The molecule has 0 amide bonds. The maximum Gasteiger partial charge on any atom is 0.306 e. The predicted molar refractivity (Wildman–Crippen MR) is 71.8 cm³/mol. The number of carbonyl (C=O) groups excluding carboxylic acids is 1. The Labute approximate surface area is 114 Å². The third kappa shape index (κ3) is 3.08. The molecule has 0 saturated carbocycles. The van der Waals surface area contributed by atoms with Crippen molar-refractivity contribution in [2.75, 3.05) is 0 Å². The van der Waals surface area contributed by atoms with Crippen molar-refractivity contribution in [2.45, 2.75) is 19.8 Å². The van der Waals surface area contributed by atoms with E-state index in [9.17, 15) is 9.59 Å². The van der Waals surface area contributed by atoms with Gasteiger partial charge in [0.2, 0.25) is 0 Å². The first kappa shape index (κ1) is 13.5. The first-order chi connectivity index (χ1) is 9.11. The molecule has 2 heterocycles. The van der Waals surface area contributed by atoms with Crippen LogP contribution in [0.4, 0.5) is 0 Å². The quantitative estimate of drug-likeness (QED) is 0.824. The first-order valence-corrected chi connectivity index (χ1v) is 6.77. The number of hydrogen-bond acceptors (Lipinski definition) is 4. The van der Waals surface area contributed by atoms with Gasteiger partial charge in [0.1, 0.15) is 5.00 Å². The summed E-state index contributed by atoms with van der Waals surface area (Å²) >= 11 is 1.34. The molecule has 0 fully saturated rings. The molecular formula is C13H14N2O3S. The third-order valence-electron chi connectivity index (χ3n) is 2.90. The molecule has 1 N–H and O–H groups in total. The molecule has 0 aliphatic carbocycles. The third-order valence-corrected chi connectivity index (χ3v) is 4.04.